The van der Waals surface area contributed by atoms with E-state index in [9.17, 15) is 18.0 Å². The minimum Gasteiger partial charge on any atom is -0.475 e. The number of ether oxygens (including phenoxy) is 2. The number of halogens is 3. The molecule has 1 aromatic carbocycles. The third-order valence-corrected chi connectivity index (χ3v) is 3.41. The molecule has 0 aromatic heterocycles. The van der Waals surface area contributed by atoms with Crippen molar-refractivity contribution in [1.82, 2.24) is 0 Å². The molecule has 0 N–H and O–H groups in total. The lowest BCUT2D eigenvalue weighted by Gasteiger charge is -2.29. The van der Waals surface area contributed by atoms with Crippen molar-refractivity contribution in [1.29, 1.82) is 0 Å². The van der Waals surface area contributed by atoms with Crippen LogP contribution in [-0.2, 0) is 16.0 Å². The second-order valence-electron chi connectivity index (χ2n) is 5.04. The average molecular weight is 314 g/mol. The van der Waals surface area contributed by atoms with Crippen molar-refractivity contribution in [2.45, 2.75) is 39.5 Å². The number of benzene rings is 1. The number of esters is 1. The summed E-state index contributed by atoms with van der Waals surface area (Å²) in [5, 5.41) is 0. The highest BCUT2D eigenvalue weighted by molar-refractivity contribution is 5.96. The van der Waals surface area contributed by atoms with Crippen LogP contribution in [0.25, 0.3) is 6.08 Å². The van der Waals surface area contributed by atoms with Gasteiger partial charge in [0.25, 0.3) is 0 Å². The summed E-state index contributed by atoms with van der Waals surface area (Å²) in [6.07, 6.45) is -5.03. The monoisotopic (exact) mass is 314 g/mol. The zero-order valence-corrected chi connectivity index (χ0v) is 12.6. The first-order valence-corrected chi connectivity index (χ1v) is 7.03. The molecule has 1 heterocycles. The summed E-state index contributed by atoms with van der Waals surface area (Å²) in [5.74, 6) is -0.845. The molecule has 2 rings (SSSR count). The highest BCUT2D eigenvalue weighted by atomic mass is 19.4. The van der Waals surface area contributed by atoms with E-state index < -0.39 is 23.8 Å². The molecule has 1 aliphatic heterocycles. The zero-order chi connectivity index (χ0) is 16.5. The number of hydrogen-bond acceptors (Lipinski definition) is 3. The second-order valence-corrected chi connectivity index (χ2v) is 5.04. The molecule has 22 heavy (non-hydrogen) atoms. The van der Waals surface area contributed by atoms with Crippen LogP contribution in [0.4, 0.5) is 13.2 Å². The van der Waals surface area contributed by atoms with Crippen LogP contribution in [0, 0.1) is 6.92 Å². The molecule has 3 nitrogen and oxygen atoms in total. The summed E-state index contributed by atoms with van der Waals surface area (Å²) in [7, 11) is 0. The van der Waals surface area contributed by atoms with Gasteiger partial charge in [0.2, 0.25) is 6.10 Å². The predicted octanol–water partition coefficient (Wildman–Crippen LogP) is 3.83. The summed E-state index contributed by atoms with van der Waals surface area (Å²) in [5.41, 5.74) is 1.53. The fraction of sp³-hybridized carbons (Fsp3) is 0.438. The smallest absolute Gasteiger partial charge is 0.430 e. The van der Waals surface area contributed by atoms with E-state index in [1.54, 1.807) is 19.1 Å². The van der Waals surface area contributed by atoms with Gasteiger partial charge in [-0.3, -0.25) is 0 Å². The molecule has 0 spiro atoms. The van der Waals surface area contributed by atoms with E-state index in [1.165, 1.54) is 13.0 Å². The Morgan fingerprint density at radius 3 is 2.55 bits per heavy atom. The number of hydrogen-bond donors (Lipinski definition) is 0. The molecule has 1 aliphatic rings. The van der Waals surface area contributed by atoms with E-state index in [1.807, 2.05) is 6.92 Å². The molecule has 0 amide bonds. The van der Waals surface area contributed by atoms with Crippen molar-refractivity contribution in [2.75, 3.05) is 6.61 Å². The van der Waals surface area contributed by atoms with E-state index in [0.717, 1.165) is 12.0 Å². The van der Waals surface area contributed by atoms with E-state index in [0.29, 0.717) is 11.1 Å². The second kappa shape index (κ2) is 6.02. The van der Waals surface area contributed by atoms with Crippen molar-refractivity contribution < 1.29 is 27.4 Å². The van der Waals surface area contributed by atoms with Crippen molar-refractivity contribution in [2.24, 2.45) is 0 Å². The SMILES string of the molecule is CCOC(=O)C1=Cc2cc(CC)cc(C)c2OC1C(F)(F)F. The molecule has 0 radical (unpaired) electrons. The molecule has 0 aliphatic carbocycles. The average Bonchev–Trinajstić information content (AvgIpc) is 2.45. The zero-order valence-electron chi connectivity index (χ0n) is 12.6. The van der Waals surface area contributed by atoms with Crippen molar-refractivity contribution in [3.05, 3.63) is 34.4 Å². The lowest BCUT2D eigenvalue weighted by atomic mass is 9.96. The number of aryl methyl sites for hydroxylation is 2. The Kier molecular flexibility index (Phi) is 4.49. The van der Waals surface area contributed by atoms with Gasteiger partial charge in [0.05, 0.1) is 12.2 Å². The minimum absolute atomic E-state index is 0.00162. The maximum Gasteiger partial charge on any atom is 0.430 e. The molecule has 0 saturated heterocycles. The van der Waals surface area contributed by atoms with E-state index in [2.05, 4.69) is 0 Å². The summed E-state index contributed by atoms with van der Waals surface area (Å²) in [6, 6.07) is 3.52. The summed E-state index contributed by atoms with van der Waals surface area (Å²) in [6.45, 7) is 5.17. The van der Waals surface area contributed by atoms with E-state index >= 15 is 0 Å². The fourth-order valence-electron chi connectivity index (χ4n) is 2.40. The first-order valence-electron chi connectivity index (χ1n) is 7.03. The molecule has 6 heteroatoms. The van der Waals surface area contributed by atoms with Gasteiger partial charge in [-0.2, -0.15) is 13.2 Å². The van der Waals surface area contributed by atoms with Crippen LogP contribution in [0.15, 0.2) is 17.7 Å². The molecule has 120 valence electrons. The summed E-state index contributed by atoms with van der Waals surface area (Å²) in [4.78, 5) is 11.8. The number of rotatable bonds is 3. The van der Waals surface area contributed by atoms with Gasteiger partial charge in [0.15, 0.2) is 0 Å². The maximum atomic E-state index is 13.2. The third kappa shape index (κ3) is 3.10. The Bertz CT molecular complexity index is 618. The molecular weight excluding hydrogens is 297 g/mol. The minimum atomic E-state index is -4.69. The Balaban J connectivity index is 2.56. The number of carbonyl (C=O) groups excluding carboxylic acids is 1. The van der Waals surface area contributed by atoms with E-state index in [-0.39, 0.29) is 12.4 Å². The van der Waals surface area contributed by atoms with Gasteiger partial charge in [0, 0.05) is 5.56 Å². The Labute approximate surface area is 126 Å². The summed E-state index contributed by atoms with van der Waals surface area (Å²) >= 11 is 0. The fourth-order valence-corrected chi connectivity index (χ4v) is 2.40. The van der Waals surface area contributed by atoms with Gasteiger partial charge in [-0.05, 0) is 43.5 Å². The molecule has 0 saturated carbocycles. The Morgan fingerprint density at radius 2 is 2.00 bits per heavy atom. The van der Waals surface area contributed by atoms with Crippen LogP contribution < -0.4 is 4.74 Å². The van der Waals surface area contributed by atoms with Crippen molar-refractivity contribution in [3.8, 4) is 5.75 Å². The standard InChI is InChI=1S/C16H17F3O3/c1-4-10-6-9(3)13-11(7-10)8-12(15(20)21-5-2)14(22-13)16(17,18)19/h6-8,14H,4-5H2,1-3H3. The Morgan fingerprint density at radius 1 is 1.32 bits per heavy atom. The van der Waals surface area contributed by atoms with Crippen LogP contribution in [0.1, 0.15) is 30.5 Å². The topological polar surface area (TPSA) is 35.5 Å². The first kappa shape index (κ1) is 16.4. The third-order valence-electron chi connectivity index (χ3n) is 3.41. The first-order chi connectivity index (χ1) is 10.3. The van der Waals surface area contributed by atoms with Crippen molar-refractivity contribution >= 4 is 12.0 Å². The number of alkyl halides is 3. The summed E-state index contributed by atoms with van der Waals surface area (Å²) < 4.78 is 49.4. The Hall–Kier alpha value is -1.98. The van der Waals surface area contributed by atoms with Gasteiger partial charge in [-0.1, -0.05) is 13.0 Å². The van der Waals surface area contributed by atoms with Gasteiger partial charge in [-0.25, -0.2) is 4.79 Å². The largest absolute Gasteiger partial charge is 0.475 e. The van der Waals surface area contributed by atoms with Gasteiger partial charge < -0.3 is 9.47 Å². The van der Waals surface area contributed by atoms with E-state index in [4.69, 9.17) is 9.47 Å². The van der Waals surface area contributed by atoms with Crippen LogP contribution in [0.5, 0.6) is 5.75 Å². The molecule has 1 unspecified atom stereocenters. The van der Waals surface area contributed by atoms with Crippen LogP contribution in [0.2, 0.25) is 0 Å². The van der Waals surface area contributed by atoms with Crippen LogP contribution >= 0.6 is 0 Å². The quantitative estimate of drug-likeness (QED) is 0.796. The molecule has 0 bridgehead atoms. The highest BCUT2D eigenvalue weighted by Crippen LogP contribution is 2.39. The highest BCUT2D eigenvalue weighted by Gasteiger charge is 2.49. The molecular formula is C16H17F3O3. The van der Waals surface area contributed by atoms with Crippen LogP contribution in [-0.4, -0.2) is 24.9 Å². The van der Waals surface area contributed by atoms with Gasteiger partial charge >= 0.3 is 12.1 Å². The van der Waals surface area contributed by atoms with Gasteiger partial charge in [0.1, 0.15) is 5.75 Å². The number of fused-ring (bicyclic) bond motifs is 1. The normalized spacial score (nSPS) is 17.4. The lowest BCUT2D eigenvalue weighted by Crippen LogP contribution is -2.41. The number of carbonyl (C=O) groups is 1. The molecule has 1 atom stereocenters. The maximum absolute atomic E-state index is 13.2. The molecule has 0 fully saturated rings. The van der Waals surface area contributed by atoms with Gasteiger partial charge in [-0.15, -0.1) is 0 Å². The van der Waals surface area contributed by atoms with Crippen molar-refractivity contribution in [3.63, 3.8) is 0 Å². The molecule has 1 aromatic rings. The predicted molar refractivity (Wildman–Crippen MR) is 75.6 cm³/mol. The van der Waals surface area contributed by atoms with Crippen LogP contribution in [0.3, 0.4) is 0 Å². The lowest BCUT2D eigenvalue weighted by molar-refractivity contribution is -0.188.